The Morgan fingerprint density at radius 2 is 1.78 bits per heavy atom. The van der Waals surface area contributed by atoms with Gasteiger partial charge in [0, 0.05) is 5.56 Å². The largest absolute Gasteiger partial charge is 0.497 e. The van der Waals surface area contributed by atoms with Crippen molar-refractivity contribution in [3.63, 3.8) is 0 Å². The highest BCUT2D eigenvalue weighted by Crippen LogP contribution is 2.12. The molecule has 18 heavy (non-hydrogen) atoms. The Bertz CT molecular complexity index is 428. The average Bonchev–Trinajstić information content (AvgIpc) is 2.35. The number of hydrogen-bond acceptors (Lipinski definition) is 3. The highest BCUT2D eigenvalue weighted by Gasteiger charge is 2.22. The lowest BCUT2D eigenvalue weighted by atomic mass is 10.1. The quantitative estimate of drug-likeness (QED) is 0.834. The van der Waals surface area contributed by atoms with Crippen LogP contribution in [-0.2, 0) is 4.79 Å². The van der Waals surface area contributed by atoms with E-state index in [0.717, 1.165) is 0 Å². The molecular weight excluding hydrogens is 254 g/mol. The summed E-state index contributed by atoms with van der Waals surface area (Å²) >= 11 is 5.44. The van der Waals surface area contributed by atoms with E-state index in [-0.39, 0.29) is 11.8 Å². The van der Waals surface area contributed by atoms with E-state index < -0.39 is 11.3 Å². The van der Waals surface area contributed by atoms with E-state index >= 15 is 0 Å². The van der Waals surface area contributed by atoms with Gasteiger partial charge >= 0.3 is 0 Å². The zero-order chi connectivity index (χ0) is 13.7. The van der Waals surface area contributed by atoms with Crippen molar-refractivity contribution in [1.29, 1.82) is 0 Å². The number of halogens is 1. The van der Waals surface area contributed by atoms with Crippen molar-refractivity contribution in [3.05, 3.63) is 29.8 Å². The molecule has 1 atom stereocenters. The van der Waals surface area contributed by atoms with Gasteiger partial charge in [-0.05, 0) is 41.8 Å². The van der Waals surface area contributed by atoms with Crippen molar-refractivity contribution in [1.82, 2.24) is 5.32 Å². The SMILES string of the molecule is COc1ccc(C(=O)NC(C(=O)Cl)C(C)C)cc1. The minimum atomic E-state index is -0.679. The number of carbonyl (C=O) groups is 2. The van der Waals surface area contributed by atoms with Gasteiger partial charge in [-0.3, -0.25) is 9.59 Å². The number of benzene rings is 1. The predicted molar refractivity (Wildman–Crippen MR) is 69.9 cm³/mol. The maximum absolute atomic E-state index is 11.9. The molecule has 0 aliphatic carbocycles. The fourth-order valence-electron chi connectivity index (χ4n) is 1.45. The minimum absolute atomic E-state index is 0.0581. The Morgan fingerprint density at radius 3 is 2.17 bits per heavy atom. The summed E-state index contributed by atoms with van der Waals surface area (Å²) in [5.74, 6) is 0.280. The van der Waals surface area contributed by atoms with Crippen LogP contribution in [0.25, 0.3) is 0 Å². The molecule has 1 aromatic carbocycles. The molecule has 0 saturated heterocycles. The minimum Gasteiger partial charge on any atom is -0.497 e. The molecule has 4 nitrogen and oxygen atoms in total. The molecule has 1 N–H and O–H groups in total. The molecule has 0 aliphatic rings. The molecule has 0 radical (unpaired) electrons. The van der Waals surface area contributed by atoms with Crippen molar-refractivity contribution in [3.8, 4) is 5.75 Å². The highest BCUT2D eigenvalue weighted by molar-refractivity contribution is 6.64. The lowest BCUT2D eigenvalue weighted by Gasteiger charge is -2.18. The number of rotatable bonds is 5. The molecule has 1 amide bonds. The molecule has 0 fully saturated rings. The van der Waals surface area contributed by atoms with Crippen LogP contribution in [0.4, 0.5) is 0 Å². The number of ether oxygens (including phenoxy) is 1. The predicted octanol–water partition coefficient (Wildman–Crippen LogP) is 2.21. The Hall–Kier alpha value is -1.55. The normalized spacial score (nSPS) is 12.1. The van der Waals surface area contributed by atoms with Gasteiger partial charge in [0.15, 0.2) is 0 Å². The fourth-order valence-corrected chi connectivity index (χ4v) is 1.76. The van der Waals surface area contributed by atoms with Crippen LogP contribution in [0.1, 0.15) is 24.2 Å². The van der Waals surface area contributed by atoms with Crippen LogP contribution in [0.15, 0.2) is 24.3 Å². The molecule has 1 rings (SSSR count). The molecule has 0 aromatic heterocycles. The van der Waals surface area contributed by atoms with E-state index in [1.54, 1.807) is 31.4 Å². The maximum atomic E-state index is 11.9. The lowest BCUT2D eigenvalue weighted by molar-refractivity contribution is -0.114. The van der Waals surface area contributed by atoms with Gasteiger partial charge in [-0.25, -0.2) is 0 Å². The third-order valence-electron chi connectivity index (χ3n) is 2.55. The smallest absolute Gasteiger partial charge is 0.251 e. The van der Waals surface area contributed by atoms with Crippen molar-refractivity contribution < 1.29 is 14.3 Å². The van der Waals surface area contributed by atoms with Crippen LogP contribution in [0.2, 0.25) is 0 Å². The Kier molecular flexibility index (Phi) is 5.16. The third-order valence-corrected chi connectivity index (χ3v) is 2.79. The molecule has 98 valence electrons. The average molecular weight is 270 g/mol. The second-order valence-corrected chi connectivity index (χ2v) is 4.60. The summed E-state index contributed by atoms with van der Waals surface area (Å²) in [5.41, 5.74) is 0.458. The first-order valence-electron chi connectivity index (χ1n) is 5.60. The summed E-state index contributed by atoms with van der Waals surface area (Å²) < 4.78 is 5.00. The van der Waals surface area contributed by atoms with E-state index in [4.69, 9.17) is 16.3 Å². The van der Waals surface area contributed by atoms with Crippen LogP contribution in [-0.4, -0.2) is 24.3 Å². The van der Waals surface area contributed by atoms with Gasteiger partial charge in [-0.15, -0.1) is 0 Å². The Labute approximate surface area is 111 Å². The van der Waals surface area contributed by atoms with Gasteiger partial charge in [0.05, 0.1) is 7.11 Å². The number of nitrogens with one attached hydrogen (secondary N) is 1. The summed E-state index contributed by atoms with van der Waals surface area (Å²) in [7, 11) is 1.55. The summed E-state index contributed by atoms with van der Waals surface area (Å²) in [6, 6.07) is 5.94. The van der Waals surface area contributed by atoms with E-state index in [2.05, 4.69) is 5.32 Å². The summed E-state index contributed by atoms with van der Waals surface area (Å²) in [6.45, 7) is 3.64. The van der Waals surface area contributed by atoms with Gasteiger partial charge in [0.2, 0.25) is 5.24 Å². The number of amides is 1. The van der Waals surface area contributed by atoms with Gasteiger partial charge < -0.3 is 10.1 Å². The number of hydrogen-bond donors (Lipinski definition) is 1. The van der Waals surface area contributed by atoms with E-state index in [1.165, 1.54) is 0 Å². The van der Waals surface area contributed by atoms with E-state index in [1.807, 2.05) is 13.8 Å². The zero-order valence-corrected chi connectivity index (χ0v) is 11.3. The maximum Gasteiger partial charge on any atom is 0.251 e. The first kappa shape index (κ1) is 14.5. The van der Waals surface area contributed by atoms with Crippen LogP contribution >= 0.6 is 11.6 Å². The monoisotopic (exact) mass is 269 g/mol. The van der Waals surface area contributed by atoms with Gasteiger partial charge in [0.25, 0.3) is 5.91 Å². The fraction of sp³-hybridized carbons (Fsp3) is 0.385. The molecule has 0 spiro atoms. The lowest BCUT2D eigenvalue weighted by Crippen LogP contribution is -2.42. The van der Waals surface area contributed by atoms with Crippen molar-refractivity contribution in [2.75, 3.05) is 7.11 Å². The first-order valence-corrected chi connectivity index (χ1v) is 5.97. The molecular formula is C13H16ClNO3. The van der Waals surface area contributed by atoms with Crippen molar-refractivity contribution >= 4 is 22.8 Å². The Morgan fingerprint density at radius 1 is 1.22 bits per heavy atom. The molecule has 0 aliphatic heterocycles. The Balaban J connectivity index is 2.77. The third kappa shape index (κ3) is 3.74. The molecule has 1 unspecified atom stereocenters. The zero-order valence-electron chi connectivity index (χ0n) is 10.6. The summed E-state index contributed by atoms with van der Waals surface area (Å²) in [6.07, 6.45) is 0. The van der Waals surface area contributed by atoms with E-state index in [9.17, 15) is 9.59 Å². The molecule has 5 heteroatoms. The van der Waals surface area contributed by atoms with Crippen LogP contribution in [0, 0.1) is 5.92 Å². The van der Waals surface area contributed by atoms with Gasteiger partial charge in [0.1, 0.15) is 11.8 Å². The molecule has 0 saturated carbocycles. The van der Waals surface area contributed by atoms with E-state index in [0.29, 0.717) is 11.3 Å². The second kappa shape index (κ2) is 6.40. The summed E-state index contributed by atoms with van der Waals surface area (Å²) in [4.78, 5) is 23.1. The van der Waals surface area contributed by atoms with Crippen LogP contribution in [0.5, 0.6) is 5.75 Å². The number of methoxy groups -OCH3 is 1. The number of carbonyl (C=O) groups excluding carboxylic acids is 2. The van der Waals surface area contributed by atoms with Crippen molar-refractivity contribution in [2.45, 2.75) is 19.9 Å². The van der Waals surface area contributed by atoms with Crippen LogP contribution < -0.4 is 10.1 Å². The summed E-state index contributed by atoms with van der Waals surface area (Å²) in [5, 5.41) is 2.05. The molecule has 1 aromatic rings. The first-order chi connectivity index (χ1) is 8.45. The van der Waals surface area contributed by atoms with Crippen molar-refractivity contribution in [2.24, 2.45) is 5.92 Å². The highest BCUT2D eigenvalue weighted by atomic mass is 35.5. The van der Waals surface area contributed by atoms with Crippen LogP contribution in [0.3, 0.4) is 0 Å². The molecule has 0 heterocycles. The van der Waals surface area contributed by atoms with Gasteiger partial charge in [-0.1, -0.05) is 13.8 Å². The topological polar surface area (TPSA) is 55.4 Å². The van der Waals surface area contributed by atoms with Gasteiger partial charge in [-0.2, -0.15) is 0 Å². The molecule has 0 bridgehead atoms. The standard InChI is InChI=1S/C13H16ClNO3/c1-8(2)11(12(14)16)15-13(17)9-4-6-10(18-3)7-5-9/h4-8,11H,1-3H3,(H,15,17). The second-order valence-electron chi connectivity index (χ2n) is 4.23.